The van der Waals surface area contributed by atoms with Crippen LogP contribution in [0.3, 0.4) is 0 Å². The molecule has 0 bridgehead atoms. The molecule has 32 heavy (non-hydrogen) atoms. The number of fused-ring (bicyclic) bond motifs is 1. The lowest BCUT2D eigenvalue weighted by Crippen LogP contribution is -2.46. The fourth-order valence-electron chi connectivity index (χ4n) is 3.99. The Hall–Kier alpha value is -3.35. The van der Waals surface area contributed by atoms with Gasteiger partial charge in [-0.05, 0) is 42.2 Å². The quantitative estimate of drug-likeness (QED) is 0.666. The van der Waals surface area contributed by atoms with Crippen molar-refractivity contribution in [2.45, 2.75) is 53.1 Å². The monoisotopic (exact) mass is 436 g/mol. The van der Waals surface area contributed by atoms with Gasteiger partial charge in [0.15, 0.2) is 11.5 Å². The third kappa shape index (κ3) is 4.47. The maximum absolute atomic E-state index is 13.4. The average molecular weight is 437 g/mol. The van der Waals surface area contributed by atoms with Gasteiger partial charge in [-0.1, -0.05) is 44.5 Å². The van der Waals surface area contributed by atoms with Gasteiger partial charge in [-0.25, -0.2) is 4.90 Å². The smallest absolute Gasteiger partial charge is 0.257 e. The van der Waals surface area contributed by atoms with E-state index in [-0.39, 0.29) is 49.3 Å². The summed E-state index contributed by atoms with van der Waals surface area (Å²) in [6.07, 6.45) is 0.229. The summed E-state index contributed by atoms with van der Waals surface area (Å²) in [6, 6.07) is 11.9. The zero-order chi connectivity index (χ0) is 23.0. The molecule has 2 aromatic rings. The van der Waals surface area contributed by atoms with Crippen LogP contribution in [0, 0.1) is 12.3 Å². The van der Waals surface area contributed by atoms with E-state index in [1.165, 1.54) is 9.80 Å². The first-order valence-electron chi connectivity index (χ1n) is 10.7. The molecule has 0 spiro atoms. The molecule has 2 heterocycles. The molecule has 2 aliphatic rings. The van der Waals surface area contributed by atoms with Crippen molar-refractivity contribution >= 4 is 23.4 Å². The van der Waals surface area contributed by atoms with Gasteiger partial charge >= 0.3 is 0 Å². The molecule has 2 aliphatic heterocycles. The van der Waals surface area contributed by atoms with Crippen molar-refractivity contribution in [3.05, 3.63) is 53.6 Å². The summed E-state index contributed by atoms with van der Waals surface area (Å²) in [5, 5.41) is 0. The van der Waals surface area contributed by atoms with Crippen LogP contribution in [-0.2, 0) is 20.9 Å². The van der Waals surface area contributed by atoms with Crippen LogP contribution < -0.4 is 14.4 Å². The molecule has 7 heteroatoms. The Morgan fingerprint density at radius 3 is 2.44 bits per heavy atom. The predicted molar refractivity (Wildman–Crippen MR) is 119 cm³/mol. The first-order chi connectivity index (χ1) is 15.1. The van der Waals surface area contributed by atoms with Crippen LogP contribution in [0.15, 0.2) is 42.5 Å². The molecule has 2 aromatic carbocycles. The summed E-state index contributed by atoms with van der Waals surface area (Å²) in [5.74, 6) is 0.428. The van der Waals surface area contributed by atoms with E-state index < -0.39 is 6.04 Å². The van der Waals surface area contributed by atoms with Crippen LogP contribution in [0.1, 0.15) is 44.7 Å². The lowest BCUT2D eigenvalue weighted by molar-refractivity contribution is -0.140. The Labute approximate surface area is 187 Å². The third-order valence-electron chi connectivity index (χ3n) is 5.58. The van der Waals surface area contributed by atoms with E-state index in [9.17, 15) is 14.4 Å². The molecule has 1 fully saturated rings. The number of hydrogen-bond acceptors (Lipinski definition) is 5. The number of ether oxygens (including phenoxy) is 2. The van der Waals surface area contributed by atoms with Gasteiger partial charge in [0, 0.05) is 13.0 Å². The van der Waals surface area contributed by atoms with Crippen LogP contribution in [0.25, 0.3) is 0 Å². The number of anilines is 1. The summed E-state index contributed by atoms with van der Waals surface area (Å²) in [5.41, 5.74) is 2.12. The second-order valence-corrected chi connectivity index (χ2v) is 9.57. The molecule has 0 saturated carbocycles. The van der Waals surface area contributed by atoms with Crippen LogP contribution in [0.5, 0.6) is 11.5 Å². The van der Waals surface area contributed by atoms with Gasteiger partial charge in [0.1, 0.15) is 6.04 Å². The average Bonchev–Trinajstić information content (AvgIpc) is 3.29. The van der Waals surface area contributed by atoms with Gasteiger partial charge in [0.05, 0.1) is 12.1 Å². The lowest BCUT2D eigenvalue weighted by atomic mass is 9.91. The maximum atomic E-state index is 13.4. The number of benzene rings is 2. The molecule has 1 unspecified atom stereocenters. The predicted octanol–water partition coefficient (Wildman–Crippen LogP) is 3.82. The highest BCUT2D eigenvalue weighted by Gasteiger charge is 2.44. The van der Waals surface area contributed by atoms with Crippen LogP contribution >= 0.6 is 0 Å². The highest BCUT2D eigenvalue weighted by atomic mass is 16.7. The summed E-state index contributed by atoms with van der Waals surface area (Å²) in [6.45, 7) is 8.24. The number of rotatable bonds is 5. The first-order valence-corrected chi connectivity index (χ1v) is 10.7. The molecule has 3 amide bonds. The number of carbonyl (C=O) groups excluding carboxylic acids is 3. The Balaban J connectivity index is 1.63. The number of nitrogens with zero attached hydrogens (tertiary/aromatic N) is 2. The van der Waals surface area contributed by atoms with E-state index >= 15 is 0 Å². The minimum atomic E-state index is -0.843. The molecule has 0 aliphatic carbocycles. The van der Waals surface area contributed by atoms with Crippen LogP contribution in [-0.4, -0.2) is 35.5 Å². The van der Waals surface area contributed by atoms with Crippen molar-refractivity contribution in [3.8, 4) is 11.5 Å². The van der Waals surface area contributed by atoms with Crippen molar-refractivity contribution in [2.24, 2.45) is 5.41 Å². The fraction of sp³-hybridized carbons (Fsp3) is 0.400. The number of aryl methyl sites for hydroxylation is 1. The Bertz CT molecular complexity index is 1050. The summed E-state index contributed by atoms with van der Waals surface area (Å²) < 4.78 is 10.8. The zero-order valence-corrected chi connectivity index (χ0v) is 18.9. The van der Waals surface area contributed by atoms with Gasteiger partial charge in [0.2, 0.25) is 18.6 Å². The SMILES string of the molecule is Cc1ccc(N2C(=O)CC(N(Cc3ccc4c(c3)OCO4)C(=O)CC(C)(C)C)C2=O)cc1. The van der Waals surface area contributed by atoms with Crippen LogP contribution in [0.2, 0.25) is 0 Å². The van der Waals surface area contributed by atoms with Crippen molar-refractivity contribution in [2.75, 3.05) is 11.7 Å². The minimum Gasteiger partial charge on any atom is -0.454 e. The second kappa shape index (κ2) is 8.30. The maximum Gasteiger partial charge on any atom is 0.257 e. The number of imide groups is 1. The molecule has 1 atom stereocenters. The zero-order valence-electron chi connectivity index (χ0n) is 18.9. The van der Waals surface area contributed by atoms with Crippen molar-refractivity contribution in [1.29, 1.82) is 0 Å². The van der Waals surface area contributed by atoms with Crippen molar-refractivity contribution in [1.82, 2.24) is 4.90 Å². The van der Waals surface area contributed by atoms with E-state index in [4.69, 9.17) is 9.47 Å². The van der Waals surface area contributed by atoms with E-state index in [1.54, 1.807) is 18.2 Å². The fourth-order valence-corrected chi connectivity index (χ4v) is 3.99. The van der Waals surface area contributed by atoms with E-state index in [1.807, 2.05) is 52.0 Å². The topological polar surface area (TPSA) is 76.2 Å². The molecular formula is C25H28N2O5. The highest BCUT2D eigenvalue weighted by molar-refractivity contribution is 6.23. The Morgan fingerprint density at radius 2 is 1.75 bits per heavy atom. The first kappa shape index (κ1) is 21.9. The molecule has 4 rings (SSSR count). The molecule has 0 radical (unpaired) electrons. The Morgan fingerprint density at radius 1 is 1.06 bits per heavy atom. The number of carbonyl (C=O) groups is 3. The number of hydrogen-bond donors (Lipinski definition) is 0. The van der Waals surface area contributed by atoms with Crippen molar-refractivity contribution < 1.29 is 23.9 Å². The summed E-state index contributed by atoms with van der Waals surface area (Å²) in [7, 11) is 0. The van der Waals surface area contributed by atoms with Gasteiger partial charge < -0.3 is 14.4 Å². The largest absolute Gasteiger partial charge is 0.454 e. The minimum absolute atomic E-state index is 0.0346. The number of amides is 3. The third-order valence-corrected chi connectivity index (χ3v) is 5.58. The van der Waals surface area contributed by atoms with Gasteiger partial charge in [-0.15, -0.1) is 0 Å². The molecule has 168 valence electrons. The molecule has 0 aromatic heterocycles. The van der Waals surface area contributed by atoms with E-state index in [0.29, 0.717) is 17.2 Å². The molecule has 7 nitrogen and oxygen atoms in total. The molecule has 0 N–H and O–H groups in total. The van der Waals surface area contributed by atoms with E-state index in [0.717, 1.165) is 11.1 Å². The molecular weight excluding hydrogens is 408 g/mol. The molecule has 1 saturated heterocycles. The Kier molecular flexibility index (Phi) is 5.67. The normalized spacial score (nSPS) is 17.8. The standard InChI is InChI=1S/C25H28N2O5/c1-16-5-8-18(9-6-16)27-22(28)12-19(24(27)30)26(23(29)13-25(2,3)4)14-17-7-10-20-21(11-17)32-15-31-20/h5-11,19H,12-15H2,1-4H3. The summed E-state index contributed by atoms with van der Waals surface area (Å²) >= 11 is 0. The van der Waals surface area contributed by atoms with Crippen molar-refractivity contribution in [3.63, 3.8) is 0 Å². The van der Waals surface area contributed by atoms with E-state index in [2.05, 4.69) is 0 Å². The van der Waals surface area contributed by atoms with Crippen LogP contribution in [0.4, 0.5) is 5.69 Å². The van der Waals surface area contributed by atoms with Gasteiger partial charge in [-0.2, -0.15) is 0 Å². The summed E-state index contributed by atoms with van der Waals surface area (Å²) in [4.78, 5) is 42.2. The highest BCUT2D eigenvalue weighted by Crippen LogP contribution is 2.34. The van der Waals surface area contributed by atoms with Gasteiger partial charge in [0.25, 0.3) is 5.91 Å². The van der Waals surface area contributed by atoms with Gasteiger partial charge in [-0.3, -0.25) is 14.4 Å². The lowest BCUT2D eigenvalue weighted by Gasteiger charge is -2.30. The second-order valence-electron chi connectivity index (χ2n) is 9.57.